The Morgan fingerprint density at radius 1 is 1.28 bits per heavy atom. The Labute approximate surface area is 170 Å². The molecule has 1 N–H and O–H groups in total. The van der Waals surface area contributed by atoms with Crippen molar-refractivity contribution in [1.82, 2.24) is 9.55 Å². The van der Waals surface area contributed by atoms with Crippen LogP contribution in [-0.4, -0.2) is 26.4 Å². The zero-order chi connectivity index (χ0) is 19.9. The molecule has 29 heavy (non-hydrogen) atoms. The molecule has 3 aliphatic heterocycles. The number of aliphatic hydroxyl groups is 1. The summed E-state index contributed by atoms with van der Waals surface area (Å²) in [6.07, 6.45) is 1.08. The van der Waals surface area contributed by atoms with Crippen LogP contribution >= 0.6 is 11.8 Å². The van der Waals surface area contributed by atoms with E-state index in [1.54, 1.807) is 17.6 Å². The van der Waals surface area contributed by atoms with E-state index in [0.29, 0.717) is 23.4 Å². The first-order valence-corrected chi connectivity index (χ1v) is 10.8. The summed E-state index contributed by atoms with van der Waals surface area (Å²) in [7, 11) is 0. The first-order valence-electron chi connectivity index (χ1n) is 9.77. The summed E-state index contributed by atoms with van der Waals surface area (Å²) >= 11 is 1.84. The lowest BCUT2D eigenvalue weighted by atomic mass is 9.86. The second-order valence-corrected chi connectivity index (χ2v) is 8.91. The molecule has 3 aromatic rings. The third kappa shape index (κ3) is 2.09. The van der Waals surface area contributed by atoms with Crippen LogP contribution in [-0.2, 0) is 34.7 Å². The zero-order valence-electron chi connectivity index (χ0n) is 15.8. The lowest BCUT2D eigenvalue weighted by Crippen LogP contribution is -2.44. The molecule has 6 rings (SSSR count). The molecule has 0 saturated heterocycles. The van der Waals surface area contributed by atoms with Gasteiger partial charge in [-0.05, 0) is 36.6 Å². The van der Waals surface area contributed by atoms with E-state index in [4.69, 9.17) is 9.72 Å². The number of hydrogen-bond acceptors (Lipinski definition) is 6. The van der Waals surface area contributed by atoms with Crippen molar-refractivity contribution in [2.24, 2.45) is 0 Å². The van der Waals surface area contributed by atoms with Gasteiger partial charge in [-0.25, -0.2) is 9.78 Å². The van der Waals surface area contributed by atoms with Gasteiger partial charge in [0.2, 0.25) is 0 Å². The van der Waals surface area contributed by atoms with Crippen LogP contribution in [0.3, 0.4) is 0 Å². The minimum absolute atomic E-state index is 0.102. The van der Waals surface area contributed by atoms with Crippen molar-refractivity contribution in [2.75, 3.05) is 5.75 Å². The molecule has 0 fully saturated rings. The topological polar surface area (TPSA) is 81.4 Å². The molecule has 0 radical (unpaired) electrons. The van der Waals surface area contributed by atoms with E-state index in [2.05, 4.69) is 6.07 Å². The van der Waals surface area contributed by atoms with E-state index in [1.807, 2.05) is 23.9 Å². The maximum absolute atomic E-state index is 13.3. The van der Waals surface area contributed by atoms with Gasteiger partial charge in [0.15, 0.2) is 5.60 Å². The number of carbonyl (C=O) groups excluding carboxylic acids is 1. The van der Waals surface area contributed by atoms with Crippen LogP contribution < -0.4 is 5.56 Å². The summed E-state index contributed by atoms with van der Waals surface area (Å²) in [4.78, 5) is 31.7. The van der Waals surface area contributed by atoms with Crippen molar-refractivity contribution in [2.45, 2.75) is 43.4 Å². The van der Waals surface area contributed by atoms with Crippen molar-refractivity contribution >= 4 is 28.6 Å². The van der Waals surface area contributed by atoms with Gasteiger partial charge in [-0.3, -0.25) is 4.79 Å². The minimum Gasteiger partial charge on any atom is -0.458 e. The van der Waals surface area contributed by atoms with E-state index in [1.165, 1.54) is 15.8 Å². The summed E-state index contributed by atoms with van der Waals surface area (Å²) < 4.78 is 6.85. The molecule has 7 heteroatoms. The van der Waals surface area contributed by atoms with Crippen LogP contribution in [0.25, 0.3) is 22.3 Å². The van der Waals surface area contributed by atoms with Crippen LogP contribution in [0.5, 0.6) is 0 Å². The van der Waals surface area contributed by atoms with Crippen LogP contribution in [0.2, 0.25) is 0 Å². The fourth-order valence-electron chi connectivity index (χ4n) is 4.85. The summed E-state index contributed by atoms with van der Waals surface area (Å²) in [5.41, 5.74) is 3.44. The third-order valence-electron chi connectivity index (χ3n) is 6.40. The predicted molar refractivity (Wildman–Crippen MR) is 109 cm³/mol. The van der Waals surface area contributed by atoms with Gasteiger partial charge in [0.1, 0.15) is 6.61 Å². The average Bonchev–Trinajstić information content (AvgIpc) is 3.11. The monoisotopic (exact) mass is 406 g/mol. The molecule has 2 aromatic heterocycles. The molecule has 0 saturated carbocycles. The van der Waals surface area contributed by atoms with Gasteiger partial charge in [-0.2, -0.15) is 0 Å². The first kappa shape index (κ1) is 17.2. The largest absolute Gasteiger partial charge is 0.458 e. The van der Waals surface area contributed by atoms with Gasteiger partial charge < -0.3 is 14.4 Å². The lowest BCUT2D eigenvalue weighted by Gasteiger charge is -2.31. The first-order chi connectivity index (χ1) is 14.0. The molecule has 0 spiro atoms. The van der Waals surface area contributed by atoms with Crippen LogP contribution in [0.1, 0.15) is 35.6 Å². The molecule has 1 aromatic carbocycles. The summed E-state index contributed by atoms with van der Waals surface area (Å²) in [5, 5.41) is 12.2. The molecule has 6 nitrogen and oxygen atoms in total. The maximum Gasteiger partial charge on any atom is 0.343 e. The molecular weight excluding hydrogens is 388 g/mol. The van der Waals surface area contributed by atoms with Crippen molar-refractivity contribution < 1.29 is 14.6 Å². The number of nitrogens with zero attached hydrogens (tertiary/aromatic N) is 2. The molecule has 146 valence electrons. The molecule has 5 heterocycles. The van der Waals surface area contributed by atoms with Gasteiger partial charge >= 0.3 is 5.97 Å². The van der Waals surface area contributed by atoms with Crippen LogP contribution in [0, 0.1) is 0 Å². The molecular formula is C22H18N2O4S. The number of aromatic nitrogens is 2. The van der Waals surface area contributed by atoms with E-state index < -0.39 is 11.6 Å². The smallest absolute Gasteiger partial charge is 0.343 e. The van der Waals surface area contributed by atoms with Gasteiger partial charge in [0.05, 0.1) is 29.0 Å². The number of rotatable bonds is 1. The molecule has 0 amide bonds. The number of fused-ring (bicyclic) bond motifs is 5. The van der Waals surface area contributed by atoms with Crippen molar-refractivity contribution in [3.63, 3.8) is 0 Å². The lowest BCUT2D eigenvalue weighted by molar-refractivity contribution is -0.172. The Kier molecular flexibility index (Phi) is 3.39. The Balaban J connectivity index is 1.68. The number of esters is 1. The number of aryl methyl sites for hydroxylation is 1. The fourth-order valence-corrected chi connectivity index (χ4v) is 5.92. The Bertz CT molecular complexity index is 1310. The summed E-state index contributed by atoms with van der Waals surface area (Å²) in [6.45, 7) is 2.08. The summed E-state index contributed by atoms with van der Waals surface area (Å²) in [6, 6.07) is 7.92. The second kappa shape index (κ2) is 5.70. The van der Waals surface area contributed by atoms with Crippen molar-refractivity contribution in [3.05, 3.63) is 56.9 Å². The minimum atomic E-state index is -1.79. The Morgan fingerprint density at radius 3 is 2.97 bits per heavy atom. The number of hydrogen-bond donors (Lipinski definition) is 1. The van der Waals surface area contributed by atoms with Gasteiger partial charge in [-0.1, -0.05) is 13.0 Å². The number of benzene rings is 1. The second-order valence-electron chi connectivity index (χ2n) is 7.77. The zero-order valence-corrected chi connectivity index (χ0v) is 16.6. The number of cyclic esters (lactones) is 1. The van der Waals surface area contributed by atoms with Gasteiger partial charge in [0.25, 0.3) is 5.56 Å². The standard InChI is InChI=1S/C22H18N2O4S/c1-2-22(27)14-8-16-19-12(9-24(16)20(25)13(14)10-28-21(22)26)11-6-7-29-17-5-3-4-15(23-19)18(11)17/h3-5,8,27H,2,6-7,9-10H2,1H3/t22-/m0/s1. The number of thioether (sulfide) groups is 1. The normalized spacial score (nSPS) is 21.5. The predicted octanol–water partition coefficient (Wildman–Crippen LogP) is 2.73. The maximum atomic E-state index is 13.3. The van der Waals surface area contributed by atoms with E-state index in [-0.39, 0.29) is 18.6 Å². The Hall–Kier alpha value is -2.64. The SMILES string of the molecule is CC[C@@]1(O)C(=O)OCc2c1cc1n(c2=O)Cc2c-1nc1cccc3c1c2CCS3. The highest BCUT2D eigenvalue weighted by molar-refractivity contribution is 7.99. The third-order valence-corrected chi connectivity index (χ3v) is 7.46. The molecule has 0 bridgehead atoms. The van der Waals surface area contributed by atoms with E-state index in [0.717, 1.165) is 28.9 Å². The average molecular weight is 406 g/mol. The van der Waals surface area contributed by atoms with Crippen LogP contribution in [0.4, 0.5) is 0 Å². The number of carbonyl (C=O) groups is 1. The summed E-state index contributed by atoms with van der Waals surface area (Å²) in [5.74, 6) is 0.306. The number of ether oxygens (including phenoxy) is 1. The van der Waals surface area contributed by atoms with Crippen molar-refractivity contribution in [3.8, 4) is 11.4 Å². The molecule has 3 aliphatic rings. The van der Waals surface area contributed by atoms with E-state index >= 15 is 0 Å². The number of pyridine rings is 2. The fraction of sp³-hybridized carbons (Fsp3) is 0.318. The van der Waals surface area contributed by atoms with Crippen molar-refractivity contribution in [1.29, 1.82) is 0 Å². The molecule has 0 unspecified atom stereocenters. The highest BCUT2D eigenvalue weighted by atomic mass is 32.2. The highest BCUT2D eigenvalue weighted by Crippen LogP contribution is 2.43. The van der Waals surface area contributed by atoms with E-state index in [9.17, 15) is 14.7 Å². The molecule has 0 aliphatic carbocycles. The quantitative estimate of drug-likeness (QED) is 0.490. The van der Waals surface area contributed by atoms with Gasteiger partial charge in [-0.15, -0.1) is 11.8 Å². The highest BCUT2D eigenvalue weighted by Gasteiger charge is 2.45. The Morgan fingerprint density at radius 2 is 2.14 bits per heavy atom. The molecule has 1 atom stereocenters. The van der Waals surface area contributed by atoms with Gasteiger partial charge in [0, 0.05) is 27.2 Å². The van der Waals surface area contributed by atoms with Crippen LogP contribution in [0.15, 0.2) is 34.0 Å².